The molecule has 7 heterocycles. The Balaban J connectivity index is 1.77. The molecule has 0 saturated heterocycles. The second-order valence-corrected chi connectivity index (χ2v) is 15.8. The first-order chi connectivity index (χ1) is 17.8. The van der Waals surface area contributed by atoms with Crippen LogP contribution in [0.15, 0.2) is 87.9 Å². The summed E-state index contributed by atoms with van der Waals surface area (Å²) in [5.74, 6) is 0. The average Bonchev–Trinajstić information content (AvgIpc) is 3.80. The van der Waals surface area contributed by atoms with Gasteiger partial charge < -0.3 is 29.9 Å². The molecule has 180 valence electrons. The second kappa shape index (κ2) is 7.99. The van der Waals surface area contributed by atoms with Crippen molar-refractivity contribution in [3.8, 4) is 0 Å². The van der Waals surface area contributed by atoms with Crippen molar-refractivity contribution < 1.29 is 0 Å². The molecule has 6 aromatic heterocycles. The minimum atomic E-state index is -3.13. The molecule has 15 nitrogen and oxygen atoms in total. The third kappa shape index (κ3) is 2.97. The lowest BCUT2D eigenvalue weighted by Crippen LogP contribution is -2.30. The first kappa shape index (κ1) is 21.3. The highest BCUT2D eigenvalue weighted by Crippen LogP contribution is 2.74. The number of aromatic amines is 6. The van der Waals surface area contributed by atoms with E-state index in [2.05, 4.69) is 59.8 Å². The molecule has 0 unspecified atom stereocenters. The number of H-pyrrole nitrogens is 6. The molecule has 0 amide bonds. The minimum Gasteiger partial charge on any atom is -0.342 e. The lowest BCUT2D eigenvalue weighted by Gasteiger charge is -2.31. The fraction of sp³-hybridized carbons (Fsp3) is 0. The quantitative estimate of drug-likeness (QED) is 0.168. The Bertz CT molecular complexity index is 1400. The van der Waals surface area contributed by atoms with Crippen molar-refractivity contribution in [2.75, 3.05) is 0 Å². The molecular weight excluding hydrogens is 519 g/mol. The number of hydrogen-bond donors (Lipinski definition) is 6. The summed E-state index contributed by atoms with van der Waals surface area (Å²) in [7, 11) is -9.38. The van der Waals surface area contributed by atoms with Crippen molar-refractivity contribution in [3.05, 3.63) is 74.4 Å². The third-order valence-corrected chi connectivity index (χ3v) is 16.7. The van der Waals surface area contributed by atoms with Crippen LogP contribution in [0.3, 0.4) is 0 Å². The maximum absolute atomic E-state index is 5.49. The topological polar surface area (TPSA) is 209 Å². The van der Waals surface area contributed by atoms with Gasteiger partial charge in [0.15, 0.2) is 33.4 Å². The molecule has 18 heteroatoms. The average molecular weight is 537 g/mol. The van der Waals surface area contributed by atoms with Gasteiger partial charge in [0, 0.05) is 74.4 Å². The number of imidazole rings is 6. The summed E-state index contributed by atoms with van der Waals surface area (Å²) in [6.45, 7) is 0. The van der Waals surface area contributed by atoms with Crippen molar-refractivity contribution in [2.45, 2.75) is 0 Å². The smallest absolute Gasteiger partial charge is 0.206 e. The van der Waals surface area contributed by atoms with Crippen LogP contribution in [0.4, 0.5) is 0 Å². The zero-order valence-electron chi connectivity index (χ0n) is 18.3. The first-order valence-electron chi connectivity index (χ1n) is 10.7. The molecule has 0 fully saturated rings. The highest BCUT2D eigenvalue weighted by atomic mass is 31.3. The molecule has 0 aliphatic carbocycles. The Labute approximate surface area is 202 Å². The van der Waals surface area contributed by atoms with Gasteiger partial charge in [0.1, 0.15) is 0 Å². The maximum Gasteiger partial charge on any atom is 0.206 e. The molecule has 1 aliphatic heterocycles. The van der Waals surface area contributed by atoms with E-state index in [-0.39, 0.29) is 0 Å². The molecular formula is C18H18N15P3. The van der Waals surface area contributed by atoms with Crippen molar-refractivity contribution in [1.29, 1.82) is 0 Å². The predicted octanol–water partition coefficient (Wildman–Crippen LogP) is 0.640. The number of nitrogens with zero attached hydrogens (tertiary/aromatic N) is 9. The van der Waals surface area contributed by atoms with E-state index in [0.29, 0.717) is 33.4 Å². The third-order valence-electron chi connectivity index (χ3n) is 5.45. The fourth-order valence-corrected chi connectivity index (χ4v) is 17.4. The Kier molecular flexibility index (Phi) is 4.72. The molecule has 0 spiro atoms. The van der Waals surface area contributed by atoms with Crippen molar-refractivity contribution in [1.82, 2.24) is 59.8 Å². The molecule has 0 saturated carbocycles. The molecule has 0 atom stereocenters. The Morgan fingerprint density at radius 2 is 0.528 bits per heavy atom. The monoisotopic (exact) mass is 537 g/mol. The zero-order valence-corrected chi connectivity index (χ0v) is 21.0. The van der Waals surface area contributed by atoms with Gasteiger partial charge in [-0.25, -0.2) is 43.5 Å². The van der Waals surface area contributed by atoms with Crippen LogP contribution in [0.1, 0.15) is 0 Å². The van der Waals surface area contributed by atoms with Crippen LogP contribution < -0.4 is 33.4 Å². The van der Waals surface area contributed by atoms with Crippen LogP contribution in [0.2, 0.25) is 0 Å². The number of nitrogens with one attached hydrogen (secondary N) is 6. The number of hydrogen-bond acceptors (Lipinski definition) is 9. The van der Waals surface area contributed by atoms with Gasteiger partial charge in [0.25, 0.3) is 0 Å². The highest BCUT2D eigenvalue weighted by Gasteiger charge is 2.48. The van der Waals surface area contributed by atoms with Gasteiger partial charge in [0.2, 0.25) is 21.6 Å². The summed E-state index contributed by atoms with van der Waals surface area (Å²) >= 11 is 0. The van der Waals surface area contributed by atoms with Crippen LogP contribution in [0.25, 0.3) is 0 Å². The van der Waals surface area contributed by atoms with E-state index in [0.717, 1.165) is 0 Å². The lowest BCUT2D eigenvalue weighted by molar-refractivity contribution is 1.32. The Morgan fingerprint density at radius 3 is 0.667 bits per heavy atom. The molecule has 0 radical (unpaired) electrons. The highest BCUT2D eigenvalue weighted by molar-refractivity contribution is 7.99. The van der Waals surface area contributed by atoms with Gasteiger partial charge in [-0.3, -0.25) is 0 Å². The van der Waals surface area contributed by atoms with Gasteiger partial charge in [-0.2, -0.15) is 0 Å². The predicted molar refractivity (Wildman–Crippen MR) is 137 cm³/mol. The van der Waals surface area contributed by atoms with E-state index in [4.69, 9.17) is 13.5 Å². The van der Waals surface area contributed by atoms with E-state index < -0.39 is 21.6 Å². The van der Waals surface area contributed by atoms with E-state index in [1.165, 1.54) is 0 Å². The maximum atomic E-state index is 5.49. The standard InChI is InChI=1S/C18H18N15P3/c1-2-20-13(19-1)34(14-21-3-4-22-14)31-35(15-23-5-6-24-15,16-25-7-8-26-16)33-36(32-34,17-27-9-10-28-17)18-29-11-12-30-18/h1-12H,(H,19,20)(H,21,22)(H,23,24)(H,25,26)(H,27,28)(H,29,30). The van der Waals surface area contributed by atoms with Crippen molar-refractivity contribution >= 4 is 55.0 Å². The normalized spacial score (nSPS) is 17.7. The summed E-state index contributed by atoms with van der Waals surface area (Å²) in [5.41, 5.74) is 3.40. The fourth-order valence-electron chi connectivity index (χ4n) is 3.99. The largest absolute Gasteiger partial charge is 0.342 e. The van der Waals surface area contributed by atoms with Gasteiger partial charge in [-0.1, -0.05) is 0 Å². The van der Waals surface area contributed by atoms with Gasteiger partial charge in [-0.05, 0) is 0 Å². The second-order valence-electron chi connectivity index (χ2n) is 7.55. The first-order valence-corrected chi connectivity index (χ1v) is 15.7. The van der Waals surface area contributed by atoms with Crippen molar-refractivity contribution in [3.63, 3.8) is 0 Å². The van der Waals surface area contributed by atoms with E-state index in [9.17, 15) is 0 Å². The molecule has 7 rings (SSSR count). The number of rotatable bonds is 6. The molecule has 1 aliphatic rings. The summed E-state index contributed by atoms with van der Waals surface area (Å²) in [6, 6.07) is 0. The van der Waals surface area contributed by atoms with Crippen LogP contribution in [-0.2, 0) is 0 Å². The van der Waals surface area contributed by atoms with Crippen molar-refractivity contribution in [2.24, 2.45) is 13.5 Å². The van der Waals surface area contributed by atoms with E-state index >= 15 is 0 Å². The number of aromatic nitrogens is 12. The van der Waals surface area contributed by atoms with Crippen LogP contribution >= 0.6 is 21.6 Å². The van der Waals surface area contributed by atoms with Gasteiger partial charge in [-0.15, -0.1) is 0 Å². The summed E-state index contributed by atoms with van der Waals surface area (Å²) < 4.78 is 16.5. The summed E-state index contributed by atoms with van der Waals surface area (Å²) in [5, 5.41) is 0. The summed E-state index contributed by atoms with van der Waals surface area (Å²) in [4.78, 5) is 47.4. The molecule has 0 aromatic carbocycles. The zero-order chi connectivity index (χ0) is 24.1. The van der Waals surface area contributed by atoms with Crippen LogP contribution in [-0.4, -0.2) is 59.8 Å². The van der Waals surface area contributed by atoms with Crippen LogP contribution in [0, 0.1) is 0 Å². The molecule has 0 bridgehead atoms. The van der Waals surface area contributed by atoms with Gasteiger partial charge in [0.05, 0.1) is 0 Å². The molecule has 6 aromatic rings. The minimum absolute atomic E-state index is 0.567. The molecule has 6 N–H and O–H groups in total. The van der Waals surface area contributed by atoms with Gasteiger partial charge >= 0.3 is 0 Å². The van der Waals surface area contributed by atoms with E-state index in [1.54, 1.807) is 74.4 Å². The molecule has 36 heavy (non-hydrogen) atoms. The Hall–Kier alpha value is -4.05. The summed E-state index contributed by atoms with van der Waals surface area (Å²) in [6.07, 6.45) is 20.5. The van der Waals surface area contributed by atoms with Crippen LogP contribution in [0.5, 0.6) is 0 Å². The SMILES string of the molecule is c1c[nH]c(P2(c3ncc[nH]3)=NP(c3ncc[nH]3)(c3ncc[nH]3)=NP(c3ncc[nH]3)(c3ncc[nH]3)=N2)n1. The lowest BCUT2D eigenvalue weighted by atomic mass is 11.0. The van der Waals surface area contributed by atoms with E-state index in [1.807, 2.05) is 0 Å². The Morgan fingerprint density at radius 1 is 0.333 bits per heavy atom.